The van der Waals surface area contributed by atoms with Crippen molar-refractivity contribution in [3.8, 4) is 6.07 Å². The summed E-state index contributed by atoms with van der Waals surface area (Å²) in [4.78, 5) is 11.7. The largest absolute Gasteiger partial charge is 0.293 e. The average molecular weight is 218 g/mol. The molecule has 0 radical (unpaired) electrons. The second-order valence-corrected chi connectivity index (χ2v) is 3.98. The molecule has 0 unspecified atom stereocenters. The Bertz CT molecular complexity index is 443. The number of nitrogens with one attached hydrogen (secondary N) is 1. The van der Waals surface area contributed by atoms with Crippen LogP contribution < -0.4 is 5.32 Å². The maximum Gasteiger partial charge on any atom is 0.176 e. The van der Waals surface area contributed by atoms with Gasteiger partial charge in [0.2, 0.25) is 0 Å². The Morgan fingerprint density at radius 1 is 1.44 bits per heavy atom. The lowest BCUT2D eigenvalue weighted by Crippen LogP contribution is -2.34. The molecule has 16 heavy (non-hydrogen) atoms. The van der Waals surface area contributed by atoms with Crippen molar-refractivity contribution in [1.29, 1.82) is 5.26 Å². The summed E-state index contributed by atoms with van der Waals surface area (Å²) in [5.41, 5.74) is -0.0296. The van der Waals surface area contributed by atoms with Crippen LogP contribution in [0.4, 0.5) is 4.39 Å². The highest BCUT2D eigenvalue weighted by Gasteiger charge is 2.42. The van der Waals surface area contributed by atoms with E-state index in [4.69, 9.17) is 5.26 Å². The van der Waals surface area contributed by atoms with Gasteiger partial charge in [-0.25, -0.2) is 4.39 Å². The van der Waals surface area contributed by atoms with E-state index in [0.29, 0.717) is 5.56 Å². The van der Waals surface area contributed by atoms with Gasteiger partial charge in [0, 0.05) is 5.56 Å². The standard InChI is InChI=1S/C12H11FN2O/c13-10-3-1-9(2-4-10)11(16)7-15-12(8-14)5-6-12/h1-4,15H,5-7H2. The van der Waals surface area contributed by atoms with Crippen LogP contribution in [-0.4, -0.2) is 17.9 Å². The summed E-state index contributed by atoms with van der Waals surface area (Å²) in [6, 6.07) is 7.55. The van der Waals surface area contributed by atoms with Crippen LogP contribution in [0.3, 0.4) is 0 Å². The van der Waals surface area contributed by atoms with E-state index >= 15 is 0 Å². The van der Waals surface area contributed by atoms with E-state index in [1.54, 1.807) is 0 Å². The van der Waals surface area contributed by atoms with Crippen LogP contribution in [0.2, 0.25) is 0 Å². The summed E-state index contributed by atoms with van der Waals surface area (Å²) in [5, 5.41) is 11.7. The fourth-order valence-electron chi connectivity index (χ4n) is 1.44. The van der Waals surface area contributed by atoms with Gasteiger partial charge in [-0.05, 0) is 37.1 Å². The number of halogens is 1. The number of carbonyl (C=O) groups is 1. The van der Waals surface area contributed by atoms with Crippen molar-refractivity contribution in [1.82, 2.24) is 5.32 Å². The van der Waals surface area contributed by atoms with Crippen molar-refractivity contribution < 1.29 is 9.18 Å². The lowest BCUT2D eigenvalue weighted by atomic mass is 10.1. The Labute approximate surface area is 92.9 Å². The number of nitrogens with zero attached hydrogens (tertiary/aromatic N) is 1. The smallest absolute Gasteiger partial charge is 0.176 e. The molecular formula is C12H11FN2O. The fraction of sp³-hybridized carbons (Fsp3) is 0.333. The highest BCUT2D eigenvalue weighted by atomic mass is 19.1. The minimum absolute atomic E-state index is 0.124. The van der Waals surface area contributed by atoms with Crippen LogP contribution >= 0.6 is 0 Å². The van der Waals surface area contributed by atoms with E-state index in [1.165, 1.54) is 24.3 Å². The Balaban J connectivity index is 1.94. The molecule has 1 aromatic carbocycles. The van der Waals surface area contributed by atoms with Gasteiger partial charge in [-0.3, -0.25) is 10.1 Å². The number of hydrogen-bond acceptors (Lipinski definition) is 3. The molecule has 0 aromatic heterocycles. The van der Waals surface area contributed by atoms with Gasteiger partial charge in [-0.1, -0.05) is 0 Å². The normalized spacial score (nSPS) is 16.5. The summed E-state index contributed by atoms with van der Waals surface area (Å²) >= 11 is 0. The molecule has 1 N–H and O–H groups in total. The first-order valence-electron chi connectivity index (χ1n) is 5.10. The molecule has 0 atom stereocenters. The van der Waals surface area contributed by atoms with Crippen LogP contribution in [-0.2, 0) is 0 Å². The number of hydrogen-bond donors (Lipinski definition) is 1. The zero-order chi connectivity index (χ0) is 11.6. The number of benzene rings is 1. The number of ketones is 1. The van der Waals surface area contributed by atoms with Gasteiger partial charge in [0.1, 0.15) is 11.4 Å². The minimum Gasteiger partial charge on any atom is -0.293 e. The number of Topliss-reactive ketones (excluding diaryl/α,β-unsaturated/α-hetero) is 1. The summed E-state index contributed by atoms with van der Waals surface area (Å²) < 4.78 is 12.6. The third-order valence-corrected chi connectivity index (χ3v) is 2.72. The molecule has 4 heteroatoms. The first kappa shape index (κ1) is 10.8. The molecule has 82 valence electrons. The molecule has 1 aliphatic carbocycles. The lowest BCUT2D eigenvalue weighted by Gasteiger charge is -2.07. The zero-order valence-corrected chi connectivity index (χ0v) is 8.66. The van der Waals surface area contributed by atoms with Gasteiger partial charge >= 0.3 is 0 Å². The van der Waals surface area contributed by atoms with Gasteiger partial charge in [0.15, 0.2) is 5.78 Å². The van der Waals surface area contributed by atoms with Crippen LogP contribution in [0.15, 0.2) is 24.3 Å². The molecule has 1 aliphatic rings. The predicted molar refractivity (Wildman–Crippen MR) is 56.3 cm³/mol. The van der Waals surface area contributed by atoms with Crippen molar-refractivity contribution in [3.63, 3.8) is 0 Å². The highest BCUT2D eigenvalue weighted by Crippen LogP contribution is 2.34. The second kappa shape index (κ2) is 4.03. The zero-order valence-electron chi connectivity index (χ0n) is 8.66. The quantitative estimate of drug-likeness (QED) is 0.782. The molecular weight excluding hydrogens is 207 g/mol. The first-order valence-corrected chi connectivity index (χ1v) is 5.10. The molecule has 2 rings (SSSR count). The van der Waals surface area contributed by atoms with Gasteiger partial charge in [0.05, 0.1) is 12.6 Å². The molecule has 1 fully saturated rings. The molecule has 0 saturated heterocycles. The van der Waals surface area contributed by atoms with Crippen LogP contribution in [0.5, 0.6) is 0 Å². The van der Waals surface area contributed by atoms with E-state index < -0.39 is 5.54 Å². The molecule has 0 amide bonds. The van der Waals surface area contributed by atoms with Gasteiger partial charge in [-0.2, -0.15) is 5.26 Å². The molecule has 0 spiro atoms. The molecule has 0 aliphatic heterocycles. The number of nitriles is 1. The van der Waals surface area contributed by atoms with E-state index in [1.807, 2.05) is 0 Å². The van der Waals surface area contributed by atoms with E-state index in [9.17, 15) is 9.18 Å². The third-order valence-electron chi connectivity index (χ3n) is 2.72. The molecule has 3 nitrogen and oxygen atoms in total. The third kappa shape index (κ3) is 2.26. The van der Waals surface area contributed by atoms with Crippen LogP contribution in [0.25, 0.3) is 0 Å². The van der Waals surface area contributed by atoms with Crippen molar-refractivity contribution >= 4 is 5.78 Å². The molecule has 0 heterocycles. The van der Waals surface area contributed by atoms with Crippen LogP contribution in [0.1, 0.15) is 23.2 Å². The second-order valence-electron chi connectivity index (χ2n) is 3.98. The van der Waals surface area contributed by atoms with Gasteiger partial charge < -0.3 is 0 Å². The summed E-state index contributed by atoms with van der Waals surface area (Å²) in [7, 11) is 0. The van der Waals surface area contributed by atoms with Gasteiger partial charge in [-0.15, -0.1) is 0 Å². The summed E-state index contributed by atoms with van der Waals surface area (Å²) in [5.74, 6) is -0.485. The number of rotatable bonds is 4. The minimum atomic E-state index is -0.490. The number of carbonyl (C=O) groups excluding carboxylic acids is 1. The maximum atomic E-state index is 12.6. The van der Waals surface area contributed by atoms with Crippen molar-refractivity contribution in [2.45, 2.75) is 18.4 Å². The maximum absolute atomic E-state index is 12.6. The van der Waals surface area contributed by atoms with Gasteiger partial charge in [0.25, 0.3) is 0 Å². The van der Waals surface area contributed by atoms with Crippen molar-refractivity contribution in [2.75, 3.05) is 6.54 Å². The Morgan fingerprint density at radius 2 is 2.06 bits per heavy atom. The molecule has 1 saturated carbocycles. The lowest BCUT2D eigenvalue weighted by molar-refractivity contribution is 0.0988. The molecule has 1 aromatic rings. The molecule has 0 bridgehead atoms. The average Bonchev–Trinajstić information content (AvgIpc) is 3.08. The summed E-state index contributed by atoms with van der Waals surface area (Å²) in [6.07, 6.45) is 1.58. The van der Waals surface area contributed by atoms with E-state index in [0.717, 1.165) is 12.8 Å². The van der Waals surface area contributed by atoms with Crippen molar-refractivity contribution in [3.05, 3.63) is 35.6 Å². The van der Waals surface area contributed by atoms with Crippen molar-refractivity contribution in [2.24, 2.45) is 0 Å². The monoisotopic (exact) mass is 218 g/mol. The topological polar surface area (TPSA) is 52.9 Å². The first-order chi connectivity index (χ1) is 7.65. The highest BCUT2D eigenvalue weighted by molar-refractivity contribution is 5.97. The Kier molecular flexibility index (Phi) is 2.71. The van der Waals surface area contributed by atoms with Crippen LogP contribution in [0, 0.1) is 17.1 Å². The Hall–Kier alpha value is -1.73. The SMILES string of the molecule is N#CC1(NCC(=O)c2ccc(F)cc2)CC1. The predicted octanol–water partition coefficient (Wildman–Crippen LogP) is 1.65. The Morgan fingerprint density at radius 3 is 2.56 bits per heavy atom. The van der Waals surface area contributed by atoms with E-state index in [2.05, 4.69) is 11.4 Å². The summed E-state index contributed by atoms with van der Waals surface area (Å²) in [6.45, 7) is 0.124. The van der Waals surface area contributed by atoms with E-state index in [-0.39, 0.29) is 18.1 Å². The fourth-order valence-corrected chi connectivity index (χ4v) is 1.44.